The number of ether oxygens (including phenoxy) is 3. The second-order valence-corrected chi connectivity index (χ2v) is 11.1. The SMILES string of the molecule is CCOC(=O)C(C)NP(=O)(NC(C)C(=O)OCC)OCC1OC(C#N)(c2ccc3c(N)ncnn23)C(C)(O)C1O. The molecule has 16 nitrogen and oxygen atoms in total. The molecule has 0 saturated carbocycles. The van der Waals surface area contributed by atoms with Gasteiger partial charge in [-0.15, -0.1) is 0 Å². The Hall–Kier alpha value is -3.16. The number of nitrogen functional groups attached to an aromatic ring is 1. The number of esters is 2. The maximum atomic E-state index is 13.8. The number of carbonyl (C=O) groups excluding carboxylic acids is 2. The van der Waals surface area contributed by atoms with Crippen LogP contribution in [0.15, 0.2) is 18.5 Å². The topological polar surface area (TPSA) is 233 Å². The van der Waals surface area contributed by atoms with E-state index in [2.05, 4.69) is 20.3 Å². The number of rotatable bonds is 12. The van der Waals surface area contributed by atoms with Crippen LogP contribution >= 0.6 is 7.67 Å². The number of aliphatic hydroxyl groups excluding tert-OH is 1. The molecule has 0 bridgehead atoms. The maximum Gasteiger partial charge on any atom is 0.342 e. The molecule has 1 aliphatic heterocycles. The van der Waals surface area contributed by atoms with Crippen molar-refractivity contribution in [3.05, 3.63) is 24.2 Å². The lowest BCUT2D eigenvalue weighted by Gasteiger charge is -2.33. The first-order valence-electron chi connectivity index (χ1n) is 12.5. The van der Waals surface area contributed by atoms with Gasteiger partial charge in [-0.1, -0.05) is 0 Å². The quantitative estimate of drug-likeness (QED) is 0.160. The van der Waals surface area contributed by atoms with E-state index in [9.17, 15) is 29.6 Å². The largest absolute Gasteiger partial charge is 0.465 e. The van der Waals surface area contributed by atoms with Crippen LogP contribution in [0.3, 0.4) is 0 Å². The molecule has 0 aromatic carbocycles. The molecule has 40 heavy (non-hydrogen) atoms. The van der Waals surface area contributed by atoms with Gasteiger partial charge >= 0.3 is 19.6 Å². The Balaban J connectivity index is 1.90. The summed E-state index contributed by atoms with van der Waals surface area (Å²) in [5.74, 6) is -1.36. The Bertz CT molecular complexity index is 1300. The van der Waals surface area contributed by atoms with E-state index in [-0.39, 0.29) is 24.7 Å². The highest BCUT2D eigenvalue weighted by Gasteiger charge is 2.65. The van der Waals surface area contributed by atoms with Crippen LogP contribution < -0.4 is 15.9 Å². The van der Waals surface area contributed by atoms with E-state index in [1.165, 1.54) is 37.4 Å². The number of hydrogen-bond acceptors (Lipinski definition) is 13. The van der Waals surface area contributed by atoms with Gasteiger partial charge in [0.25, 0.3) is 0 Å². The Labute approximate surface area is 230 Å². The molecule has 0 spiro atoms. The molecule has 6 unspecified atom stereocenters. The number of fused-ring (bicyclic) bond motifs is 1. The van der Waals surface area contributed by atoms with Crippen molar-refractivity contribution in [1.29, 1.82) is 5.26 Å². The Morgan fingerprint density at radius 2 is 1.82 bits per heavy atom. The molecule has 3 heterocycles. The Morgan fingerprint density at radius 1 is 1.25 bits per heavy atom. The molecule has 1 fully saturated rings. The van der Waals surface area contributed by atoms with E-state index in [0.29, 0.717) is 5.52 Å². The third kappa shape index (κ3) is 5.81. The zero-order valence-electron chi connectivity index (χ0n) is 22.7. The summed E-state index contributed by atoms with van der Waals surface area (Å²) in [6.45, 7) is 6.65. The normalized spacial score (nSPS) is 27.4. The summed E-state index contributed by atoms with van der Waals surface area (Å²) in [5, 5.41) is 41.7. The lowest BCUT2D eigenvalue weighted by molar-refractivity contribution is -0.145. The smallest absolute Gasteiger partial charge is 0.342 e. The van der Waals surface area contributed by atoms with Crippen molar-refractivity contribution in [2.45, 2.75) is 70.1 Å². The number of anilines is 1. The number of carbonyl (C=O) groups is 2. The highest BCUT2D eigenvalue weighted by Crippen LogP contribution is 2.49. The van der Waals surface area contributed by atoms with E-state index < -0.39 is 61.7 Å². The van der Waals surface area contributed by atoms with Crippen molar-refractivity contribution in [2.24, 2.45) is 0 Å². The molecule has 1 saturated heterocycles. The lowest BCUT2D eigenvalue weighted by Crippen LogP contribution is -2.52. The van der Waals surface area contributed by atoms with Gasteiger partial charge in [0.15, 0.2) is 5.82 Å². The molecule has 2 aromatic rings. The van der Waals surface area contributed by atoms with Gasteiger partial charge in [-0.25, -0.2) is 19.7 Å². The summed E-state index contributed by atoms with van der Waals surface area (Å²) in [4.78, 5) is 28.3. The number of nitriles is 1. The molecule has 6 atom stereocenters. The molecule has 6 N–H and O–H groups in total. The predicted molar refractivity (Wildman–Crippen MR) is 138 cm³/mol. The number of nitrogens with two attached hydrogens (primary N) is 1. The van der Waals surface area contributed by atoms with Crippen LogP contribution in [0.4, 0.5) is 5.82 Å². The molecule has 2 aromatic heterocycles. The standard InChI is InChI=1S/C23H34N7O9P/c1-6-36-20(32)13(3)28-40(35,29-14(4)21(33)37-7-2)38-10-16-18(31)22(5,34)23(11-24,39-16)17-9-8-15-19(25)26-12-27-30(15)17/h8-9,12-14,16,18,31,34H,6-7,10H2,1-5H3,(H2,25,26,27)(H2,28,29,35). The monoisotopic (exact) mass is 583 g/mol. The van der Waals surface area contributed by atoms with Crippen LogP contribution in [0, 0.1) is 11.3 Å². The highest BCUT2D eigenvalue weighted by atomic mass is 31.2. The molecule has 0 amide bonds. The molecule has 1 aliphatic rings. The van der Waals surface area contributed by atoms with Crippen molar-refractivity contribution >= 4 is 30.9 Å². The van der Waals surface area contributed by atoms with Gasteiger partial charge < -0.3 is 34.7 Å². The van der Waals surface area contributed by atoms with Crippen LogP contribution in [-0.4, -0.2) is 86.5 Å². The van der Waals surface area contributed by atoms with Gasteiger partial charge in [-0.05, 0) is 46.8 Å². The van der Waals surface area contributed by atoms with Crippen molar-refractivity contribution in [3.8, 4) is 6.07 Å². The third-order valence-corrected chi connectivity index (χ3v) is 8.36. The predicted octanol–water partition coefficient (Wildman–Crippen LogP) is -0.252. The average Bonchev–Trinajstić information content (AvgIpc) is 3.41. The van der Waals surface area contributed by atoms with Crippen LogP contribution in [0.25, 0.3) is 5.52 Å². The lowest BCUT2D eigenvalue weighted by atomic mass is 9.80. The maximum absolute atomic E-state index is 13.8. The molecule has 0 radical (unpaired) electrons. The van der Waals surface area contributed by atoms with Crippen LogP contribution in [-0.2, 0) is 38.5 Å². The van der Waals surface area contributed by atoms with Crippen LogP contribution in [0.2, 0.25) is 0 Å². The molecule has 220 valence electrons. The van der Waals surface area contributed by atoms with Crippen LogP contribution in [0.1, 0.15) is 40.3 Å². The van der Waals surface area contributed by atoms with Crippen molar-refractivity contribution in [1.82, 2.24) is 24.8 Å². The number of aromatic nitrogens is 3. The van der Waals surface area contributed by atoms with Crippen LogP contribution in [0.5, 0.6) is 0 Å². The summed E-state index contributed by atoms with van der Waals surface area (Å²) in [7, 11) is -4.26. The van der Waals surface area contributed by atoms with Crippen molar-refractivity contribution in [2.75, 3.05) is 25.6 Å². The van der Waals surface area contributed by atoms with E-state index in [4.69, 9.17) is 24.5 Å². The van der Waals surface area contributed by atoms with Gasteiger partial charge in [0.1, 0.15) is 47.8 Å². The minimum absolute atomic E-state index is 0.0527. The highest BCUT2D eigenvalue weighted by molar-refractivity contribution is 7.54. The third-order valence-electron chi connectivity index (χ3n) is 6.40. The summed E-state index contributed by atoms with van der Waals surface area (Å²) >= 11 is 0. The fraction of sp³-hybridized carbons (Fsp3) is 0.609. The summed E-state index contributed by atoms with van der Waals surface area (Å²) in [5.41, 5.74) is 1.89. The summed E-state index contributed by atoms with van der Waals surface area (Å²) < 4.78 is 36.4. The van der Waals surface area contributed by atoms with E-state index in [1.54, 1.807) is 13.8 Å². The van der Waals surface area contributed by atoms with Gasteiger partial charge in [-0.2, -0.15) is 10.4 Å². The zero-order chi connectivity index (χ0) is 29.9. The zero-order valence-corrected chi connectivity index (χ0v) is 23.6. The first-order chi connectivity index (χ1) is 18.8. The van der Waals surface area contributed by atoms with Crippen molar-refractivity contribution in [3.63, 3.8) is 0 Å². The van der Waals surface area contributed by atoms with E-state index in [0.717, 1.165) is 6.33 Å². The van der Waals surface area contributed by atoms with Gasteiger partial charge in [-0.3, -0.25) is 14.2 Å². The fourth-order valence-electron chi connectivity index (χ4n) is 4.28. The van der Waals surface area contributed by atoms with E-state index >= 15 is 0 Å². The van der Waals surface area contributed by atoms with E-state index in [1.807, 2.05) is 6.07 Å². The summed E-state index contributed by atoms with van der Waals surface area (Å²) in [6, 6.07) is 2.62. The fourth-order valence-corrected chi connectivity index (χ4v) is 6.09. The Morgan fingerprint density at radius 3 is 2.35 bits per heavy atom. The second kappa shape index (κ2) is 12.1. The minimum atomic E-state index is -4.26. The number of nitrogens with zero attached hydrogens (tertiary/aromatic N) is 4. The summed E-state index contributed by atoms with van der Waals surface area (Å²) in [6.07, 6.45) is -1.98. The molecular formula is C23H34N7O9P. The van der Waals surface area contributed by atoms with Crippen molar-refractivity contribution < 1.29 is 43.1 Å². The van der Waals surface area contributed by atoms with Gasteiger partial charge in [0.05, 0.1) is 25.5 Å². The Kier molecular flexibility index (Phi) is 9.53. The molecule has 3 rings (SSSR count). The molecular weight excluding hydrogens is 549 g/mol. The van der Waals surface area contributed by atoms with Gasteiger partial charge in [0.2, 0.25) is 5.60 Å². The second-order valence-electron chi connectivity index (χ2n) is 9.26. The minimum Gasteiger partial charge on any atom is -0.465 e. The average molecular weight is 584 g/mol. The first-order valence-corrected chi connectivity index (χ1v) is 14.1. The number of hydrogen-bond donors (Lipinski definition) is 5. The van der Waals surface area contributed by atoms with Gasteiger partial charge in [0, 0.05) is 0 Å². The first kappa shape index (κ1) is 31.4. The number of aliphatic hydroxyl groups is 2. The number of nitrogens with one attached hydrogen (secondary N) is 2. The molecule has 0 aliphatic carbocycles. The molecule has 17 heteroatoms.